The first-order valence-electron chi connectivity index (χ1n) is 5.25. The SMILES string of the molecule is CC(C)CN(C)C(=O)N1CSCC1C(=O)O. The van der Waals surface area contributed by atoms with Crippen LogP contribution in [0.5, 0.6) is 0 Å². The summed E-state index contributed by atoms with van der Waals surface area (Å²) in [5, 5.41) is 8.97. The maximum absolute atomic E-state index is 12.0. The maximum atomic E-state index is 12.0. The average Bonchev–Trinajstić information content (AvgIpc) is 2.63. The molecule has 0 aliphatic carbocycles. The summed E-state index contributed by atoms with van der Waals surface area (Å²) in [7, 11) is 1.71. The van der Waals surface area contributed by atoms with Gasteiger partial charge in [0, 0.05) is 19.3 Å². The number of thioether (sulfide) groups is 1. The third-order valence-corrected chi connectivity index (χ3v) is 3.39. The van der Waals surface area contributed by atoms with Crippen molar-refractivity contribution in [1.29, 1.82) is 0 Å². The fourth-order valence-corrected chi connectivity index (χ4v) is 2.82. The molecule has 5 nitrogen and oxygen atoms in total. The molecule has 1 saturated heterocycles. The molecule has 16 heavy (non-hydrogen) atoms. The molecule has 1 fully saturated rings. The van der Waals surface area contributed by atoms with E-state index in [1.54, 1.807) is 11.9 Å². The Balaban J connectivity index is 2.62. The monoisotopic (exact) mass is 246 g/mol. The minimum atomic E-state index is -0.920. The topological polar surface area (TPSA) is 60.9 Å². The van der Waals surface area contributed by atoms with Crippen LogP contribution in [0.25, 0.3) is 0 Å². The first-order valence-corrected chi connectivity index (χ1v) is 6.41. The Morgan fingerprint density at radius 2 is 2.19 bits per heavy atom. The Morgan fingerprint density at radius 3 is 2.69 bits per heavy atom. The number of carboxylic acid groups (broad SMARTS) is 1. The van der Waals surface area contributed by atoms with E-state index >= 15 is 0 Å². The van der Waals surface area contributed by atoms with Gasteiger partial charge in [0.05, 0.1) is 5.88 Å². The smallest absolute Gasteiger partial charge is 0.327 e. The van der Waals surface area contributed by atoms with E-state index in [1.165, 1.54) is 16.7 Å². The molecular weight excluding hydrogens is 228 g/mol. The van der Waals surface area contributed by atoms with E-state index in [0.717, 1.165) is 0 Å². The number of nitrogens with zero attached hydrogens (tertiary/aromatic N) is 2. The molecule has 0 aromatic rings. The predicted octanol–water partition coefficient (Wildman–Crippen LogP) is 1.15. The van der Waals surface area contributed by atoms with E-state index in [2.05, 4.69) is 0 Å². The number of amides is 2. The van der Waals surface area contributed by atoms with Crippen LogP contribution in [0, 0.1) is 5.92 Å². The highest BCUT2D eigenvalue weighted by Gasteiger charge is 2.35. The molecule has 0 spiro atoms. The second-order valence-electron chi connectivity index (χ2n) is 4.38. The lowest BCUT2D eigenvalue weighted by Crippen LogP contribution is -2.48. The Labute approximate surface area is 99.8 Å². The number of aliphatic carboxylic acids is 1. The lowest BCUT2D eigenvalue weighted by atomic mass is 10.2. The molecular formula is C10H18N2O3S. The minimum absolute atomic E-state index is 0.189. The van der Waals surface area contributed by atoms with Crippen molar-refractivity contribution in [2.75, 3.05) is 25.2 Å². The third kappa shape index (κ3) is 3.04. The van der Waals surface area contributed by atoms with Crippen molar-refractivity contribution in [3.8, 4) is 0 Å². The van der Waals surface area contributed by atoms with Gasteiger partial charge in [0.15, 0.2) is 0 Å². The Kier molecular flexibility index (Phi) is 4.46. The van der Waals surface area contributed by atoms with Gasteiger partial charge in [-0.3, -0.25) is 0 Å². The van der Waals surface area contributed by atoms with Crippen LogP contribution in [0.4, 0.5) is 4.79 Å². The maximum Gasteiger partial charge on any atom is 0.327 e. The van der Waals surface area contributed by atoms with E-state index in [9.17, 15) is 9.59 Å². The average molecular weight is 246 g/mol. The van der Waals surface area contributed by atoms with Crippen LogP contribution in [0.1, 0.15) is 13.8 Å². The van der Waals surface area contributed by atoms with E-state index in [-0.39, 0.29) is 6.03 Å². The molecule has 0 bridgehead atoms. The molecule has 1 heterocycles. The Hall–Kier alpha value is -0.910. The van der Waals surface area contributed by atoms with E-state index in [1.807, 2.05) is 13.8 Å². The summed E-state index contributed by atoms with van der Waals surface area (Å²) in [5.41, 5.74) is 0. The quantitative estimate of drug-likeness (QED) is 0.811. The van der Waals surface area contributed by atoms with Gasteiger partial charge in [-0.1, -0.05) is 13.8 Å². The van der Waals surface area contributed by atoms with Crippen molar-refractivity contribution in [3.05, 3.63) is 0 Å². The second kappa shape index (κ2) is 5.43. The lowest BCUT2D eigenvalue weighted by molar-refractivity contribution is -0.140. The third-order valence-electron chi connectivity index (χ3n) is 2.38. The summed E-state index contributed by atoms with van der Waals surface area (Å²) in [5.74, 6) is 0.415. The van der Waals surface area contributed by atoms with Crippen LogP contribution in [-0.2, 0) is 4.79 Å². The highest BCUT2D eigenvalue weighted by molar-refractivity contribution is 7.99. The minimum Gasteiger partial charge on any atom is -0.480 e. The van der Waals surface area contributed by atoms with Crippen molar-refractivity contribution >= 4 is 23.8 Å². The van der Waals surface area contributed by atoms with E-state index in [4.69, 9.17) is 5.11 Å². The van der Waals surface area contributed by atoms with Crippen molar-refractivity contribution < 1.29 is 14.7 Å². The summed E-state index contributed by atoms with van der Waals surface area (Å²) >= 11 is 1.48. The fraction of sp³-hybridized carbons (Fsp3) is 0.800. The van der Waals surface area contributed by atoms with Gasteiger partial charge in [-0.05, 0) is 5.92 Å². The Morgan fingerprint density at radius 1 is 1.56 bits per heavy atom. The molecule has 1 atom stereocenters. The first kappa shape index (κ1) is 13.2. The standard InChI is InChI=1S/C10H18N2O3S/c1-7(2)4-11(3)10(15)12-6-16-5-8(12)9(13)14/h7-8H,4-6H2,1-3H3,(H,13,14). The molecule has 92 valence electrons. The number of hydrogen-bond acceptors (Lipinski definition) is 3. The molecule has 1 N–H and O–H groups in total. The molecule has 1 aliphatic heterocycles. The zero-order valence-electron chi connectivity index (χ0n) is 9.84. The first-order chi connectivity index (χ1) is 7.43. The molecule has 0 aromatic carbocycles. The van der Waals surface area contributed by atoms with Gasteiger partial charge in [-0.25, -0.2) is 9.59 Å². The van der Waals surface area contributed by atoms with Crippen LogP contribution in [0.3, 0.4) is 0 Å². The van der Waals surface area contributed by atoms with Gasteiger partial charge in [0.1, 0.15) is 6.04 Å². The number of urea groups is 1. The highest BCUT2D eigenvalue weighted by atomic mass is 32.2. The molecule has 1 unspecified atom stereocenters. The van der Waals surface area contributed by atoms with Gasteiger partial charge < -0.3 is 14.9 Å². The van der Waals surface area contributed by atoms with Crippen LogP contribution < -0.4 is 0 Å². The van der Waals surface area contributed by atoms with Crippen molar-refractivity contribution in [1.82, 2.24) is 9.80 Å². The van der Waals surface area contributed by atoms with Crippen LogP contribution >= 0.6 is 11.8 Å². The summed E-state index contributed by atoms with van der Waals surface area (Å²) in [4.78, 5) is 25.9. The number of carbonyl (C=O) groups excluding carboxylic acids is 1. The number of rotatable bonds is 3. The highest BCUT2D eigenvalue weighted by Crippen LogP contribution is 2.22. The van der Waals surface area contributed by atoms with Crippen LogP contribution in [-0.4, -0.2) is 58.2 Å². The zero-order chi connectivity index (χ0) is 12.3. The summed E-state index contributed by atoms with van der Waals surface area (Å²) in [6.45, 7) is 4.70. The van der Waals surface area contributed by atoms with Gasteiger partial charge in [-0.15, -0.1) is 11.8 Å². The summed E-state index contributed by atoms with van der Waals surface area (Å²) in [6.07, 6.45) is 0. The molecule has 1 rings (SSSR count). The van der Waals surface area contributed by atoms with Crippen LogP contribution in [0.15, 0.2) is 0 Å². The van der Waals surface area contributed by atoms with Crippen LogP contribution in [0.2, 0.25) is 0 Å². The predicted molar refractivity (Wildman–Crippen MR) is 63.5 cm³/mol. The zero-order valence-corrected chi connectivity index (χ0v) is 10.7. The van der Waals surface area contributed by atoms with Gasteiger partial charge in [-0.2, -0.15) is 0 Å². The molecule has 0 aromatic heterocycles. The lowest BCUT2D eigenvalue weighted by Gasteiger charge is -2.27. The second-order valence-corrected chi connectivity index (χ2v) is 5.38. The van der Waals surface area contributed by atoms with Crippen molar-refractivity contribution in [3.63, 3.8) is 0 Å². The van der Waals surface area contributed by atoms with E-state index in [0.29, 0.717) is 24.1 Å². The van der Waals surface area contributed by atoms with E-state index < -0.39 is 12.0 Å². The summed E-state index contributed by atoms with van der Waals surface area (Å²) in [6, 6.07) is -0.863. The fourth-order valence-electron chi connectivity index (χ4n) is 1.68. The Bertz CT molecular complexity index is 283. The normalized spacial score (nSPS) is 20.2. The number of carboxylic acids is 1. The van der Waals surface area contributed by atoms with Gasteiger partial charge in [0.2, 0.25) is 0 Å². The van der Waals surface area contributed by atoms with Crippen molar-refractivity contribution in [2.24, 2.45) is 5.92 Å². The largest absolute Gasteiger partial charge is 0.480 e. The number of hydrogen-bond donors (Lipinski definition) is 1. The molecule has 0 radical (unpaired) electrons. The molecule has 1 aliphatic rings. The molecule has 6 heteroatoms. The molecule has 0 saturated carbocycles. The van der Waals surface area contributed by atoms with Gasteiger partial charge in [0.25, 0.3) is 0 Å². The molecule has 2 amide bonds. The van der Waals surface area contributed by atoms with Crippen molar-refractivity contribution in [2.45, 2.75) is 19.9 Å². The van der Waals surface area contributed by atoms with Gasteiger partial charge >= 0.3 is 12.0 Å². The number of carbonyl (C=O) groups is 2. The summed E-state index contributed by atoms with van der Waals surface area (Å²) < 4.78 is 0.